The van der Waals surface area contributed by atoms with Gasteiger partial charge in [-0.3, -0.25) is 9.36 Å². The predicted molar refractivity (Wildman–Crippen MR) is 113 cm³/mol. The lowest BCUT2D eigenvalue weighted by Crippen LogP contribution is -2.17. The molecule has 168 valence electrons. The zero-order valence-corrected chi connectivity index (χ0v) is 17.7. The Labute approximate surface area is 185 Å². The van der Waals surface area contributed by atoms with Crippen LogP contribution in [0.2, 0.25) is 0 Å². The van der Waals surface area contributed by atoms with E-state index >= 15 is 0 Å². The van der Waals surface area contributed by atoms with Gasteiger partial charge in [-0.1, -0.05) is 43.0 Å². The van der Waals surface area contributed by atoms with Gasteiger partial charge >= 0.3 is 12.1 Å². The average Bonchev–Trinajstić information content (AvgIpc) is 3.16. The third-order valence-corrected chi connectivity index (χ3v) is 5.53. The fourth-order valence-corrected chi connectivity index (χ4v) is 3.68. The van der Waals surface area contributed by atoms with E-state index in [1.807, 2.05) is 6.92 Å². The van der Waals surface area contributed by atoms with E-state index in [0.717, 1.165) is 11.0 Å². The molecule has 0 fully saturated rings. The van der Waals surface area contributed by atoms with E-state index in [1.165, 1.54) is 42.1 Å². The summed E-state index contributed by atoms with van der Waals surface area (Å²) in [6, 6.07) is 12.0. The second kappa shape index (κ2) is 9.86. The smallest absolute Gasteiger partial charge is 0.451 e. The molecule has 7 nitrogen and oxygen atoms in total. The fraction of sp³-hybridized carbons (Fsp3) is 0.238. The number of thioether (sulfide) groups is 1. The molecular weight excluding hydrogens is 445 g/mol. The van der Waals surface area contributed by atoms with Gasteiger partial charge in [0.25, 0.3) is 5.91 Å². The first-order chi connectivity index (χ1) is 15.2. The topological polar surface area (TPSA) is 97.1 Å². The zero-order valence-electron chi connectivity index (χ0n) is 16.9. The molecule has 1 amide bonds. The first kappa shape index (κ1) is 23.3. The van der Waals surface area contributed by atoms with Gasteiger partial charge in [-0.05, 0) is 36.2 Å². The number of carbonyl (C=O) groups excluding carboxylic acids is 1. The Bertz CT molecular complexity index is 1110. The molecule has 0 spiro atoms. The van der Waals surface area contributed by atoms with Gasteiger partial charge in [0.2, 0.25) is 5.82 Å². The van der Waals surface area contributed by atoms with Crippen molar-refractivity contribution in [3.63, 3.8) is 0 Å². The lowest BCUT2D eigenvalue weighted by Gasteiger charge is -2.13. The standard InChI is InChI=1S/C21H19F3N4O3S/c1-2-11-32-20-27-26-19(21(22,23)24)28(20)12-13-7-9-14(10-8-13)25-17(29)15-5-3-4-6-16(15)18(30)31/h3-10H,2,11-12H2,1H3,(H,25,29)(H,30,31). The summed E-state index contributed by atoms with van der Waals surface area (Å²) in [7, 11) is 0. The van der Waals surface area contributed by atoms with Gasteiger partial charge in [0.05, 0.1) is 17.7 Å². The molecule has 1 aromatic heterocycles. The summed E-state index contributed by atoms with van der Waals surface area (Å²) < 4.78 is 41.0. The third-order valence-electron chi connectivity index (χ3n) is 4.36. The second-order valence-electron chi connectivity index (χ2n) is 6.74. The summed E-state index contributed by atoms with van der Waals surface area (Å²) in [6.07, 6.45) is -3.86. The van der Waals surface area contributed by atoms with E-state index in [0.29, 0.717) is 17.0 Å². The molecule has 3 rings (SSSR count). The molecule has 0 radical (unpaired) electrons. The number of alkyl halides is 3. The minimum absolute atomic E-state index is 0.000904. The molecule has 0 atom stereocenters. The molecule has 0 saturated heterocycles. The Kier molecular flexibility index (Phi) is 7.18. The number of aromatic nitrogens is 3. The Morgan fingerprint density at radius 1 is 1.06 bits per heavy atom. The van der Waals surface area contributed by atoms with Crippen LogP contribution in [0.15, 0.2) is 53.7 Å². The maximum atomic E-state index is 13.3. The minimum Gasteiger partial charge on any atom is -0.478 e. The van der Waals surface area contributed by atoms with Crippen molar-refractivity contribution >= 4 is 29.3 Å². The number of aromatic carboxylic acids is 1. The van der Waals surface area contributed by atoms with Gasteiger partial charge in [0.15, 0.2) is 5.16 Å². The van der Waals surface area contributed by atoms with E-state index in [2.05, 4.69) is 15.5 Å². The molecule has 0 aliphatic rings. The number of benzene rings is 2. The van der Waals surface area contributed by atoms with Crippen molar-refractivity contribution in [3.05, 3.63) is 71.0 Å². The number of nitrogens with one attached hydrogen (secondary N) is 1. The number of carboxylic acids is 1. The molecule has 0 aliphatic carbocycles. The quantitative estimate of drug-likeness (QED) is 0.465. The molecule has 2 aromatic carbocycles. The van der Waals surface area contributed by atoms with E-state index in [-0.39, 0.29) is 22.8 Å². The molecular formula is C21H19F3N4O3S. The van der Waals surface area contributed by atoms with Crippen LogP contribution in [0.5, 0.6) is 0 Å². The highest BCUT2D eigenvalue weighted by molar-refractivity contribution is 7.99. The van der Waals surface area contributed by atoms with E-state index in [4.69, 9.17) is 0 Å². The van der Waals surface area contributed by atoms with Crippen LogP contribution in [0.3, 0.4) is 0 Å². The molecule has 0 unspecified atom stereocenters. The highest BCUT2D eigenvalue weighted by Crippen LogP contribution is 2.31. The van der Waals surface area contributed by atoms with Crippen molar-refractivity contribution < 1.29 is 27.9 Å². The first-order valence-electron chi connectivity index (χ1n) is 9.56. The summed E-state index contributed by atoms with van der Waals surface area (Å²) >= 11 is 1.20. The van der Waals surface area contributed by atoms with Crippen LogP contribution in [0.25, 0.3) is 0 Å². The van der Waals surface area contributed by atoms with Gasteiger partial charge < -0.3 is 10.4 Å². The molecule has 0 saturated carbocycles. The molecule has 3 aromatic rings. The van der Waals surface area contributed by atoms with Crippen molar-refractivity contribution in [3.8, 4) is 0 Å². The van der Waals surface area contributed by atoms with Crippen molar-refractivity contribution in [2.24, 2.45) is 0 Å². The molecule has 32 heavy (non-hydrogen) atoms. The highest BCUT2D eigenvalue weighted by atomic mass is 32.2. The Morgan fingerprint density at radius 3 is 2.31 bits per heavy atom. The fourth-order valence-electron chi connectivity index (χ4n) is 2.88. The third kappa shape index (κ3) is 5.47. The van der Waals surface area contributed by atoms with Gasteiger partial charge in [-0.25, -0.2) is 4.79 Å². The van der Waals surface area contributed by atoms with Gasteiger partial charge in [0, 0.05) is 11.4 Å². The van der Waals surface area contributed by atoms with Crippen LogP contribution in [0.1, 0.15) is 45.4 Å². The lowest BCUT2D eigenvalue weighted by molar-refractivity contribution is -0.147. The summed E-state index contributed by atoms with van der Waals surface area (Å²) in [6.45, 7) is 1.82. The van der Waals surface area contributed by atoms with E-state index in [9.17, 15) is 27.9 Å². The number of amides is 1. The van der Waals surface area contributed by atoms with Crippen molar-refractivity contribution in [1.82, 2.24) is 14.8 Å². The number of halogens is 3. The van der Waals surface area contributed by atoms with E-state index in [1.54, 1.807) is 18.2 Å². The zero-order chi connectivity index (χ0) is 23.3. The number of hydrogen-bond donors (Lipinski definition) is 2. The summed E-state index contributed by atoms with van der Waals surface area (Å²) in [5.74, 6) is -2.29. The maximum Gasteiger partial charge on any atom is 0.451 e. The number of nitrogens with zero attached hydrogens (tertiary/aromatic N) is 3. The molecule has 2 N–H and O–H groups in total. The lowest BCUT2D eigenvalue weighted by atomic mass is 10.1. The molecule has 0 aliphatic heterocycles. The molecule has 11 heteroatoms. The number of rotatable bonds is 8. The second-order valence-corrected chi connectivity index (χ2v) is 7.80. The summed E-state index contributed by atoms with van der Waals surface area (Å²) in [5.41, 5.74) is 0.795. The Morgan fingerprint density at radius 2 is 1.72 bits per heavy atom. The summed E-state index contributed by atoms with van der Waals surface area (Å²) in [5, 5.41) is 19.0. The number of carbonyl (C=O) groups is 2. The molecule has 1 heterocycles. The van der Waals surface area contributed by atoms with Crippen LogP contribution >= 0.6 is 11.8 Å². The van der Waals surface area contributed by atoms with Crippen LogP contribution in [0, 0.1) is 0 Å². The van der Waals surface area contributed by atoms with Crippen molar-refractivity contribution in [2.75, 3.05) is 11.1 Å². The first-order valence-corrected chi connectivity index (χ1v) is 10.5. The highest BCUT2D eigenvalue weighted by Gasteiger charge is 2.38. The van der Waals surface area contributed by atoms with Crippen LogP contribution in [0.4, 0.5) is 18.9 Å². The number of anilines is 1. The van der Waals surface area contributed by atoms with Gasteiger partial charge in [0.1, 0.15) is 0 Å². The average molecular weight is 464 g/mol. The van der Waals surface area contributed by atoms with E-state index < -0.39 is 23.9 Å². The maximum absolute atomic E-state index is 13.3. The van der Waals surface area contributed by atoms with Gasteiger partial charge in [-0.2, -0.15) is 13.2 Å². The molecule has 0 bridgehead atoms. The van der Waals surface area contributed by atoms with Crippen LogP contribution in [-0.2, 0) is 12.7 Å². The largest absolute Gasteiger partial charge is 0.478 e. The van der Waals surface area contributed by atoms with Crippen molar-refractivity contribution in [1.29, 1.82) is 0 Å². The normalized spacial score (nSPS) is 11.4. The monoisotopic (exact) mass is 464 g/mol. The predicted octanol–water partition coefficient (Wildman–Crippen LogP) is 4.80. The SMILES string of the molecule is CCCSc1nnc(C(F)(F)F)n1Cc1ccc(NC(=O)c2ccccc2C(=O)O)cc1. The van der Waals surface area contributed by atoms with Gasteiger partial charge in [-0.15, -0.1) is 10.2 Å². The Balaban J connectivity index is 1.78. The van der Waals surface area contributed by atoms with Crippen LogP contribution < -0.4 is 5.32 Å². The minimum atomic E-state index is -4.64. The number of hydrogen-bond acceptors (Lipinski definition) is 5. The Hall–Kier alpha value is -3.34. The number of carboxylic acid groups (broad SMARTS) is 1. The summed E-state index contributed by atoms with van der Waals surface area (Å²) in [4.78, 5) is 23.7. The van der Waals surface area contributed by atoms with Crippen molar-refractivity contribution in [2.45, 2.75) is 31.2 Å². The van der Waals surface area contributed by atoms with Crippen LogP contribution in [-0.4, -0.2) is 37.5 Å².